The lowest BCUT2D eigenvalue weighted by Crippen LogP contribution is -2.37. The number of likely N-dealkylation sites (tertiary alicyclic amines) is 1. The molecule has 1 aromatic heterocycles. The highest BCUT2D eigenvalue weighted by atomic mass is 19.4. The van der Waals surface area contributed by atoms with Crippen LogP contribution < -0.4 is 0 Å². The highest BCUT2D eigenvalue weighted by molar-refractivity contribution is 5.05. The predicted octanol–water partition coefficient (Wildman–Crippen LogP) is 2.85. The molecule has 1 aromatic rings. The molecule has 0 saturated carbocycles. The number of piperidine rings is 1. The molecule has 6 heteroatoms. The molecular weight excluding hydrogens is 243 g/mol. The quantitative estimate of drug-likeness (QED) is 0.907. The van der Waals surface area contributed by atoms with E-state index in [0.717, 1.165) is 30.9 Å². The van der Waals surface area contributed by atoms with Crippen molar-refractivity contribution in [3.05, 3.63) is 17.7 Å². The van der Waals surface area contributed by atoms with E-state index in [4.69, 9.17) is 0 Å². The Labute approximate surface area is 104 Å². The predicted molar refractivity (Wildman–Crippen MR) is 62.4 cm³/mol. The molecule has 0 unspecified atom stereocenters. The van der Waals surface area contributed by atoms with E-state index in [-0.39, 0.29) is 12.5 Å². The first-order valence-corrected chi connectivity index (χ1v) is 6.24. The van der Waals surface area contributed by atoms with Crippen LogP contribution in [-0.2, 0) is 0 Å². The largest absolute Gasteiger partial charge is 0.390 e. The Bertz CT molecular complexity index is 386. The van der Waals surface area contributed by atoms with Gasteiger partial charge in [-0.2, -0.15) is 13.2 Å². The van der Waals surface area contributed by atoms with Crippen LogP contribution in [0, 0.1) is 6.92 Å². The van der Waals surface area contributed by atoms with Crippen molar-refractivity contribution < 1.29 is 13.2 Å². The maximum atomic E-state index is 12.2. The van der Waals surface area contributed by atoms with Gasteiger partial charge in [-0.15, -0.1) is 0 Å². The van der Waals surface area contributed by atoms with E-state index in [1.54, 1.807) is 6.20 Å². The van der Waals surface area contributed by atoms with Crippen molar-refractivity contribution in [3.8, 4) is 0 Å². The number of aromatic nitrogens is 2. The fourth-order valence-corrected chi connectivity index (χ4v) is 2.41. The number of rotatable bonds is 3. The summed E-state index contributed by atoms with van der Waals surface area (Å²) in [4.78, 5) is 9.35. The number of H-pyrrole nitrogens is 1. The SMILES string of the molecule is Cc1cnc([C@@H]2CCCN(CCC(F)(F)F)C2)[nH]1. The Morgan fingerprint density at radius 2 is 2.28 bits per heavy atom. The van der Waals surface area contributed by atoms with E-state index in [1.165, 1.54) is 0 Å². The second-order valence-corrected chi connectivity index (χ2v) is 4.96. The van der Waals surface area contributed by atoms with Crippen LogP contribution in [0.15, 0.2) is 6.20 Å². The number of aryl methyl sites for hydroxylation is 1. The molecule has 1 fully saturated rings. The van der Waals surface area contributed by atoms with Gasteiger partial charge in [0, 0.05) is 30.9 Å². The van der Waals surface area contributed by atoms with Gasteiger partial charge in [0.15, 0.2) is 0 Å². The molecule has 0 amide bonds. The van der Waals surface area contributed by atoms with Crippen LogP contribution in [-0.4, -0.2) is 40.7 Å². The maximum absolute atomic E-state index is 12.2. The Morgan fingerprint density at radius 3 is 2.89 bits per heavy atom. The molecule has 1 N–H and O–H groups in total. The lowest BCUT2D eigenvalue weighted by atomic mass is 9.97. The van der Waals surface area contributed by atoms with Crippen molar-refractivity contribution in [1.29, 1.82) is 0 Å². The Hall–Kier alpha value is -1.04. The van der Waals surface area contributed by atoms with Gasteiger partial charge in [-0.1, -0.05) is 0 Å². The number of hydrogen-bond acceptors (Lipinski definition) is 2. The molecule has 0 aromatic carbocycles. The number of hydrogen-bond donors (Lipinski definition) is 1. The van der Waals surface area contributed by atoms with Gasteiger partial charge in [0.05, 0.1) is 6.42 Å². The highest BCUT2D eigenvalue weighted by Crippen LogP contribution is 2.26. The maximum Gasteiger partial charge on any atom is 0.390 e. The molecule has 1 aliphatic heterocycles. The zero-order chi connectivity index (χ0) is 13.2. The second kappa shape index (κ2) is 5.30. The van der Waals surface area contributed by atoms with Gasteiger partial charge >= 0.3 is 6.18 Å². The molecule has 0 bridgehead atoms. The van der Waals surface area contributed by atoms with Gasteiger partial charge < -0.3 is 9.88 Å². The van der Waals surface area contributed by atoms with Crippen molar-refractivity contribution in [1.82, 2.24) is 14.9 Å². The standard InChI is InChI=1S/C12H18F3N3/c1-9-7-16-11(17-9)10-3-2-5-18(8-10)6-4-12(13,14)15/h7,10H,2-6,8H2,1H3,(H,16,17)/t10-/m1/s1. The third-order valence-electron chi connectivity index (χ3n) is 3.33. The van der Waals surface area contributed by atoms with Gasteiger partial charge in [-0.25, -0.2) is 4.98 Å². The van der Waals surface area contributed by atoms with E-state index >= 15 is 0 Å². The van der Waals surface area contributed by atoms with Gasteiger partial charge in [0.25, 0.3) is 0 Å². The lowest BCUT2D eigenvalue weighted by Gasteiger charge is -2.31. The molecule has 18 heavy (non-hydrogen) atoms. The topological polar surface area (TPSA) is 31.9 Å². The van der Waals surface area contributed by atoms with E-state index in [9.17, 15) is 13.2 Å². The Balaban J connectivity index is 1.88. The van der Waals surface area contributed by atoms with E-state index in [2.05, 4.69) is 9.97 Å². The molecule has 1 aliphatic rings. The number of imidazole rings is 1. The molecule has 1 atom stereocenters. The van der Waals surface area contributed by atoms with Gasteiger partial charge in [-0.05, 0) is 26.3 Å². The van der Waals surface area contributed by atoms with Crippen LogP contribution in [0.3, 0.4) is 0 Å². The average molecular weight is 261 g/mol. The minimum atomic E-state index is -4.06. The molecule has 2 heterocycles. The first-order valence-electron chi connectivity index (χ1n) is 6.24. The van der Waals surface area contributed by atoms with Crippen molar-refractivity contribution in [3.63, 3.8) is 0 Å². The molecule has 0 spiro atoms. The molecule has 1 saturated heterocycles. The molecule has 2 rings (SSSR count). The Kier molecular flexibility index (Phi) is 3.94. The fourth-order valence-electron chi connectivity index (χ4n) is 2.41. The van der Waals surface area contributed by atoms with E-state index in [1.807, 2.05) is 11.8 Å². The zero-order valence-corrected chi connectivity index (χ0v) is 10.4. The van der Waals surface area contributed by atoms with Crippen LogP contribution in [0.4, 0.5) is 13.2 Å². The number of halogens is 3. The van der Waals surface area contributed by atoms with E-state index in [0.29, 0.717) is 6.54 Å². The summed E-state index contributed by atoms with van der Waals surface area (Å²) in [6, 6.07) is 0. The van der Waals surface area contributed by atoms with Crippen molar-refractivity contribution in [2.24, 2.45) is 0 Å². The normalized spacial score (nSPS) is 22.3. The first kappa shape index (κ1) is 13.4. The minimum Gasteiger partial charge on any atom is -0.346 e. The summed E-state index contributed by atoms with van der Waals surface area (Å²) in [7, 11) is 0. The number of nitrogens with zero attached hydrogens (tertiary/aromatic N) is 2. The number of aromatic amines is 1. The summed E-state index contributed by atoms with van der Waals surface area (Å²) in [5.74, 6) is 1.14. The monoisotopic (exact) mass is 261 g/mol. The second-order valence-electron chi connectivity index (χ2n) is 4.96. The summed E-state index contributed by atoms with van der Waals surface area (Å²) in [5, 5.41) is 0. The van der Waals surface area contributed by atoms with Crippen molar-refractivity contribution in [2.45, 2.75) is 38.3 Å². The van der Waals surface area contributed by atoms with Crippen molar-refractivity contribution in [2.75, 3.05) is 19.6 Å². The molecular formula is C12H18F3N3. The molecule has 0 radical (unpaired) electrons. The number of alkyl halides is 3. The summed E-state index contributed by atoms with van der Waals surface area (Å²) in [6.07, 6.45) is -1.09. The van der Waals surface area contributed by atoms with Gasteiger partial charge in [0.2, 0.25) is 0 Å². The number of nitrogens with one attached hydrogen (secondary N) is 1. The fraction of sp³-hybridized carbons (Fsp3) is 0.750. The Morgan fingerprint density at radius 1 is 1.50 bits per heavy atom. The van der Waals surface area contributed by atoms with E-state index < -0.39 is 12.6 Å². The van der Waals surface area contributed by atoms with Crippen LogP contribution in [0.2, 0.25) is 0 Å². The van der Waals surface area contributed by atoms with Crippen LogP contribution in [0.5, 0.6) is 0 Å². The lowest BCUT2D eigenvalue weighted by molar-refractivity contribution is -0.138. The summed E-state index contributed by atoms with van der Waals surface area (Å²) < 4.78 is 36.6. The van der Waals surface area contributed by atoms with Gasteiger partial charge in [0.1, 0.15) is 5.82 Å². The first-order chi connectivity index (χ1) is 8.44. The zero-order valence-electron chi connectivity index (χ0n) is 10.4. The average Bonchev–Trinajstić information content (AvgIpc) is 2.73. The van der Waals surface area contributed by atoms with Crippen LogP contribution in [0.1, 0.15) is 36.7 Å². The smallest absolute Gasteiger partial charge is 0.346 e. The van der Waals surface area contributed by atoms with Crippen LogP contribution in [0.25, 0.3) is 0 Å². The molecule has 102 valence electrons. The third kappa shape index (κ3) is 3.73. The third-order valence-corrected chi connectivity index (χ3v) is 3.33. The highest BCUT2D eigenvalue weighted by Gasteiger charge is 2.30. The summed E-state index contributed by atoms with van der Waals surface area (Å²) in [5.41, 5.74) is 0.998. The summed E-state index contributed by atoms with van der Waals surface area (Å²) >= 11 is 0. The molecule has 3 nitrogen and oxygen atoms in total. The summed E-state index contributed by atoms with van der Waals surface area (Å²) in [6.45, 7) is 3.45. The van der Waals surface area contributed by atoms with Gasteiger partial charge in [-0.3, -0.25) is 0 Å². The van der Waals surface area contributed by atoms with Crippen LogP contribution >= 0.6 is 0 Å². The molecule has 0 aliphatic carbocycles. The van der Waals surface area contributed by atoms with Crippen molar-refractivity contribution >= 4 is 0 Å². The minimum absolute atomic E-state index is 0.0969.